The van der Waals surface area contributed by atoms with E-state index in [0.29, 0.717) is 0 Å². The summed E-state index contributed by atoms with van der Waals surface area (Å²) >= 11 is 0. The van der Waals surface area contributed by atoms with Gasteiger partial charge in [0.1, 0.15) is 0 Å². The molecule has 0 aromatic carbocycles. The maximum atomic E-state index is 3.96. The van der Waals surface area contributed by atoms with Crippen molar-refractivity contribution in [1.82, 2.24) is 4.90 Å². The lowest BCUT2D eigenvalue weighted by Gasteiger charge is -2.34. The van der Waals surface area contributed by atoms with Crippen LogP contribution >= 0.6 is 0 Å². The molecule has 1 aliphatic heterocycles. The van der Waals surface area contributed by atoms with Gasteiger partial charge in [-0.2, -0.15) is 0 Å². The van der Waals surface area contributed by atoms with Crippen molar-refractivity contribution in [3.05, 3.63) is 12.8 Å². The fourth-order valence-electron chi connectivity index (χ4n) is 3.44. The molecule has 0 saturated carbocycles. The van der Waals surface area contributed by atoms with Crippen LogP contribution in [0.5, 0.6) is 0 Å². The molecule has 1 saturated heterocycles. The molecular formula is C19H37N. The fraction of sp³-hybridized carbons (Fsp3) is 0.895. The molecule has 1 aliphatic rings. The third kappa shape index (κ3) is 7.97. The van der Waals surface area contributed by atoms with Crippen LogP contribution in [-0.2, 0) is 0 Å². The monoisotopic (exact) mass is 279 g/mol. The highest BCUT2D eigenvalue weighted by atomic mass is 15.1. The number of nitrogens with zero attached hydrogens (tertiary/aromatic N) is 1. The molecule has 1 nitrogen and oxygen atoms in total. The Kier molecular flexibility index (Phi) is 10.8. The van der Waals surface area contributed by atoms with E-state index in [1.807, 2.05) is 0 Å². The van der Waals surface area contributed by atoms with Gasteiger partial charge in [0, 0.05) is 12.6 Å². The SMILES string of the molecule is C=CN1CCCCC1CCCCCCCCCCCC. The number of likely N-dealkylation sites (tertiary alicyclic amines) is 1. The van der Waals surface area contributed by atoms with Gasteiger partial charge >= 0.3 is 0 Å². The van der Waals surface area contributed by atoms with Crippen LogP contribution < -0.4 is 0 Å². The Morgan fingerprint density at radius 2 is 1.50 bits per heavy atom. The van der Waals surface area contributed by atoms with E-state index in [1.165, 1.54) is 96.4 Å². The molecule has 1 unspecified atom stereocenters. The molecular weight excluding hydrogens is 242 g/mol. The minimum atomic E-state index is 0.801. The van der Waals surface area contributed by atoms with E-state index in [-0.39, 0.29) is 0 Å². The normalized spacial score (nSPS) is 19.2. The van der Waals surface area contributed by atoms with Gasteiger partial charge in [0.05, 0.1) is 0 Å². The van der Waals surface area contributed by atoms with Crippen LogP contribution in [-0.4, -0.2) is 17.5 Å². The molecule has 1 rings (SSSR count). The van der Waals surface area contributed by atoms with Crippen molar-refractivity contribution in [2.45, 2.75) is 103 Å². The predicted molar refractivity (Wildman–Crippen MR) is 91.0 cm³/mol. The first-order valence-corrected chi connectivity index (χ1v) is 9.26. The quantitative estimate of drug-likeness (QED) is 0.379. The summed E-state index contributed by atoms with van der Waals surface area (Å²) in [4.78, 5) is 2.48. The Morgan fingerprint density at radius 1 is 0.900 bits per heavy atom. The summed E-state index contributed by atoms with van der Waals surface area (Å²) in [5, 5.41) is 0. The number of hydrogen-bond donors (Lipinski definition) is 0. The highest BCUT2D eigenvalue weighted by Crippen LogP contribution is 2.22. The van der Waals surface area contributed by atoms with E-state index in [9.17, 15) is 0 Å². The Bertz CT molecular complexity index is 224. The average molecular weight is 280 g/mol. The lowest BCUT2D eigenvalue weighted by Crippen LogP contribution is -2.35. The Labute approximate surface area is 127 Å². The third-order valence-electron chi connectivity index (χ3n) is 4.80. The van der Waals surface area contributed by atoms with Crippen LogP contribution in [0, 0.1) is 0 Å². The van der Waals surface area contributed by atoms with E-state index < -0.39 is 0 Å². The predicted octanol–water partition coefficient (Wildman–Crippen LogP) is 6.30. The maximum Gasteiger partial charge on any atom is 0.0284 e. The summed E-state index contributed by atoms with van der Waals surface area (Å²) < 4.78 is 0. The van der Waals surface area contributed by atoms with E-state index in [0.717, 1.165) is 6.04 Å². The Hall–Kier alpha value is -0.460. The zero-order chi connectivity index (χ0) is 14.5. The average Bonchev–Trinajstić information content (AvgIpc) is 2.49. The summed E-state index contributed by atoms with van der Waals surface area (Å²) in [6.07, 6.45) is 22.1. The van der Waals surface area contributed by atoms with Crippen molar-refractivity contribution >= 4 is 0 Å². The largest absolute Gasteiger partial charge is 0.375 e. The molecule has 0 N–H and O–H groups in total. The van der Waals surface area contributed by atoms with Crippen LogP contribution in [0.3, 0.4) is 0 Å². The first kappa shape index (κ1) is 17.6. The van der Waals surface area contributed by atoms with Crippen LogP contribution in [0.2, 0.25) is 0 Å². The standard InChI is InChI=1S/C19H37N/c1-3-5-6-7-8-9-10-11-12-13-16-19-17-14-15-18-20(19)4-2/h4,19H,2-3,5-18H2,1H3. The Morgan fingerprint density at radius 3 is 2.10 bits per heavy atom. The molecule has 0 bridgehead atoms. The minimum Gasteiger partial charge on any atom is -0.375 e. The third-order valence-corrected chi connectivity index (χ3v) is 4.80. The summed E-state index contributed by atoms with van der Waals surface area (Å²) in [6, 6.07) is 0.801. The van der Waals surface area contributed by atoms with Crippen LogP contribution in [0.1, 0.15) is 96.8 Å². The van der Waals surface area contributed by atoms with Gasteiger partial charge in [0.15, 0.2) is 0 Å². The molecule has 20 heavy (non-hydrogen) atoms. The maximum absolute atomic E-state index is 3.96. The second-order valence-electron chi connectivity index (χ2n) is 6.54. The van der Waals surface area contributed by atoms with Gasteiger partial charge < -0.3 is 4.90 Å². The van der Waals surface area contributed by atoms with Gasteiger partial charge in [-0.25, -0.2) is 0 Å². The number of unbranched alkanes of at least 4 members (excludes halogenated alkanes) is 9. The van der Waals surface area contributed by atoms with Crippen LogP contribution in [0.4, 0.5) is 0 Å². The van der Waals surface area contributed by atoms with Crippen molar-refractivity contribution in [3.8, 4) is 0 Å². The summed E-state index contributed by atoms with van der Waals surface area (Å²) in [5.41, 5.74) is 0. The van der Waals surface area contributed by atoms with Crippen molar-refractivity contribution < 1.29 is 0 Å². The first-order valence-electron chi connectivity index (χ1n) is 9.26. The van der Waals surface area contributed by atoms with E-state index in [2.05, 4.69) is 24.6 Å². The zero-order valence-electron chi connectivity index (χ0n) is 13.9. The molecule has 0 aliphatic carbocycles. The molecule has 0 aromatic rings. The first-order chi connectivity index (χ1) is 9.88. The van der Waals surface area contributed by atoms with E-state index in [4.69, 9.17) is 0 Å². The summed E-state index contributed by atoms with van der Waals surface area (Å²) in [6.45, 7) is 7.49. The number of rotatable bonds is 12. The second-order valence-corrected chi connectivity index (χ2v) is 6.54. The van der Waals surface area contributed by atoms with Gasteiger partial charge in [-0.05, 0) is 31.9 Å². The van der Waals surface area contributed by atoms with Crippen molar-refractivity contribution in [2.24, 2.45) is 0 Å². The van der Waals surface area contributed by atoms with Gasteiger partial charge in [0.25, 0.3) is 0 Å². The fourth-order valence-corrected chi connectivity index (χ4v) is 3.44. The van der Waals surface area contributed by atoms with Crippen molar-refractivity contribution in [2.75, 3.05) is 6.54 Å². The number of hydrogen-bond acceptors (Lipinski definition) is 1. The van der Waals surface area contributed by atoms with E-state index in [1.54, 1.807) is 0 Å². The molecule has 1 atom stereocenters. The summed E-state index contributed by atoms with van der Waals surface area (Å²) in [5.74, 6) is 0. The van der Waals surface area contributed by atoms with Gasteiger partial charge in [0.2, 0.25) is 0 Å². The lowest BCUT2D eigenvalue weighted by atomic mass is 9.96. The topological polar surface area (TPSA) is 3.24 Å². The van der Waals surface area contributed by atoms with Gasteiger partial charge in [-0.3, -0.25) is 0 Å². The molecule has 1 heterocycles. The molecule has 0 radical (unpaired) electrons. The minimum absolute atomic E-state index is 0.801. The second kappa shape index (κ2) is 12.3. The van der Waals surface area contributed by atoms with Gasteiger partial charge in [-0.15, -0.1) is 0 Å². The zero-order valence-corrected chi connectivity index (χ0v) is 13.9. The Balaban J connectivity index is 1.87. The van der Waals surface area contributed by atoms with Crippen LogP contribution in [0.25, 0.3) is 0 Å². The summed E-state index contributed by atoms with van der Waals surface area (Å²) in [7, 11) is 0. The number of piperidine rings is 1. The van der Waals surface area contributed by atoms with Crippen molar-refractivity contribution in [1.29, 1.82) is 0 Å². The van der Waals surface area contributed by atoms with Gasteiger partial charge in [-0.1, -0.05) is 77.7 Å². The lowest BCUT2D eigenvalue weighted by molar-refractivity contribution is 0.199. The molecule has 0 amide bonds. The smallest absolute Gasteiger partial charge is 0.0284 e. The van der Waals surface area contributed by atoms with Crippen molar-refractivity contribution in [3.63, 3.8) is 0 Å². The highest BCUT2D eigenvalue weighted by Gasteiger charge is 2.18. The van der Waals surface area contributed by atoms with E-state index >= 15 is 0 Å². The molecule has 118 valence electrons. The molecule has 0 spiro atoms. The van der Waals surface area contributed by atoms with Crippen LogP contribution in [0.15, 0.2) is 12.8 Å². The highest BCUT2D eigenvalue weighted by molar-refractivity contribution is 4.83. The molecule has 1 heteroatoms. The molecule has 0 aromatic heterocycles. The molecule has 1 fully saturated rings.